The van der Waals surface area contributed by atoms with E-state index in [4.69, 9.17) is 0 Å². The van der Waals surface area contributed by atoms with E-state index in [0.29, 0.717) is 11.4 Å². The summed E-state index contributed by atoms with van der Waals surface area (Å²) in [6, 6.07) is 11.5. The molecule has 140 valence electrons. The van der Waals surface area contributed by atoms with Crippen molar-refractivity contribution in [3.8, 4) is 11.1 Å². The van der Waals surface area contributed by atoms with Crippen LogP contribution in [-0.4, -0.2) is 24.7 Å². The van der Waals surface area contributed by atoms with Gasteiger partial charge in [0.1, 0.15) is 0 Å². The Morgan fingerprint density at radius 2 is 1.85 bits per heavy atom. The molecule has 1 aliphatic heterocycles. The summed E-state index contributed by atoms with van der Waals surface area (Å²) in [5, 5.41) is 4.19. The molecule has 0 saturated carbocycles. The van der Waals surface area contributed by atoms with E-state index in [2.05, 4.69) is 5.10 Å². The summed E-state index contributed by atoms with van der Waals surface area (Å²) in [4.78, 5) is 0.367. The van der Waals surface area contributed by atoms with Gasteiger partial charge in [0.25, 0.3) is 10.0 Å². The second-order valence-electron chi connectivity index (χ2n) is 7.15. The van der Waals surface area contributed by atoms with Gasteiger partial charge in [0, 0.05) is 25.4 Å². The predicted octanol–water partition coefficient (Wildman–Crippen LogP) is 3.85. The van der Waals surface area contributed by atoms with Crippen LogP contribution in [0.1, 0.15) is 23.1 Å². The Labute approximate surface area is 160 Å². The Hall–Kier alpha value is -2.60. The minimum absolute atomic E-state index is 0.367. The fourth-order valence-electron chi connectivity index (χ4n) is 3.85. The molecule has 1 aliphatic rings. The third-order valence-corrected chi connectivity index (χ3v) is 7.12. The Morgan fingerprint density at radius 1 is 1.04 bits per heavy atom. The minimum Gasteiger partial charge on any atom is -0.275 e. The summed E-state index contributed by atoms with van der Waals surface area (Å²) in [7, 11) is -1.74. The van der Waals surface area contributed by atoms with Crippen molar-refractivity contribution in [1.29, 1.82) is 0 Å². The van der Waals surface area contributed by atoms with Crippen LogP contribution in [0.5, 0.6) is 0 Å². The zero-order valence-corrected chi connectivity index (χ0v) is 16.6. The van der Waals surface area contributed by atoms with Crippen LogP contribution in [0.25, 0.3) is 11.1 Å². The first kappa shape index (κ1) is 17.8. The molecule has 0 N–H and O–H groups in total. The van der Waals surface area contributed by atoms with Gasteiger partial charge in [-0.3, -0.25) is 8.99 Å². The van der Waals surface area contributed by atoms with Crippen molar-refractivity contribution in [2.75, 3.05) is 10.8 Å². The minimum atomic E-state index is -3.61. The molecule has 6 heteroatoms. The van der Waals surface area contributed by atoms with Gasteiger partial charge in [-0.05, 0) is 61.1 Å². The van der Waals surface area contributed by atoms with E-state index in [1.807, 2.05) is 57.4 Å². The maximum absolute atomic E-state index is 13.5. The van der Waals surface area contributed by atoms with Crippen LogP contribution in [0.2, 0.25) is 0 Å². The first-order valence-corrected chi connectivity index (χ1v) is 10.5. The molecule has 2 heterocycles. The summed E-state index contributed by atoms with van der Waals surface area (Å²) in [6.45, 7) is 4.35. The first-order valence-electron chi connectivity index (χ1n) is 9.09. The van der Waals surface area contributed by atoms with Crippen molar-refractivity contribution < 1.29 is 8.42 Å². The van der Waals surface area contributed by atoms with Gasteiger partial charge in [-0.2, -0.15) is 5.10 Å². The number of anilines is 1. The van der Waals surface area contributed by atoms with E-state index >= 15 is 0 Å². The molecule has 0 unspecified atom stereocenters. The average Bonchev–Trinajstić information content (AvgIpc) is 3.07. The van der Waals surface area contributed by atoms with Gasteiger partial charge in [0.2, 0.25) is 0 Å². The normalized spacial score (nSPS) is 14.3. The third kappa shape index (κ3) is 3.04. The maximum atomic E-state index is 13.5. The summed E-state index contributed by atoms with van der Waals surface area (Å²) in [5.41, 5.74) is 5.64. The van der Waals surface area contributed by atoms with E-state index in [1.165, 1.54) is 0 Å². The van der Waals surface area contributed by atoms with Crippen molar-refractivity contribution in [3.63, 3.8) is 0 Å². The lowest BCUT2D eigenvalue weighted by Gasteiger charge is -2.32. The molecule has 2 aromatic carbocycles. The Bertz CT molecular complexity index is 1120. The number of para-hydroxylation sites is 1. The molecule has 0 spiro atoms. The number of fused-ring (bicyclic) bond motifs is 1. The molecule has 3 aromatic rings. The number of hydrogen-bond donors (Lipinski definition) is 0. The van der Waals surface area contributed by atoms with Gasteiger partial charge in [0.15, 0.2) is 0 Å². The van der Waals surface area contributed by atoms with Gasteiger partial charge in [0.05, 0.1) is 16.8 Å². The molecule has 0 radical (unpaired) electrons. The van der Waals surface area contributed by atoms with Crippen molar-refractivity contribution in [2.24, 2.45) is 7.05 Å². The highest BCUT2D eigenvalue weighted by atomic mass is 32.2. The number of hydrogen-bond acceptors (Lipinski definition) is 3. The second-order valence-corrected chi connectivity index (χ2v) is 8.98. The standard InChI is InChI=1S/C21H23N3O2S/c1-15-6-4-7-17-8-5-11-24(21(15)17)27(25,26)20-10-9-18(12-16(20)2)19-13-22-23(3)14-19/h4,6-7,9-10,12-14H,5,8,11H2,1-3H3. The number of benzene rings is 2. The zero-order chi connectivity index (χ0) is 19.2. The van der Waals surface area contributed by atoms with Gasteiger partial charge < -0.3 is 0 Å². The van der Waals surface area contributed by atoms with Crippen LogP contribution in [-0.2, 0) is 23.5 Å². The van der Waals surface area contributed by atoms with Crippen molar-refractivity contribution in [1.82, 2.24) is 9.78 Å². The summed E-state index contributed by atoms with van der Waals surface area (Å²) < 4.78 is 30.3. The number of nitrogens with zero attached hydrogens (tertiary/aromatic N) is 3. The monoisotopic (exact) mass is 381 g/mol. The Kier molecular flexibility index (Phi) is 4.30. The molecule has 1 aromatic heterocycles. The Morgan fingerprint density at radius 3 is 2.56 bits per heavy atom. The lowest BCUT2D eigenvalue weighted by atomic mass is 10.0. The predicted molar refractivity (Wildman–Crippen MR) is 107 cm³/mol. The van der Waals surface area contributed by atoms with Crippen LogP contribution in [0.15, 0.2) is 53.7 Å². The van der Waals surface area contributed by atoms with Gasteiger partial charge in [-0.1, -0.05) is 24.3 Å². The first-order chi connectivity index (χ1) is 12.9. The van der Waals surface area contributed by atoms with Gasteiger partial charge in [-0.15, -0.1) is 0 Å². The van der Waals surface area contributed by atoms with Crippen LogP contribution in [0.4, 0.5) is 5.69 Å². The van der Waals surface area contributed by atoms with E-state index in [0.717, 1.165) is 46.3 Å². The Balaban J connectivity index is 1.78. The fraction of sp³-hybridized carbons (Fsp3) is 0.286. The molecular formula is C21H23N3O2S. The molecule has 0 bridgehead atoms. The summed E-state index contributed by atoms with van der Waals surface area (Å²) in [5.74, 6) is 0. The van der Waals surface area contributed by atoms with Crippen molar-refractivity contribution >= 4 is 15.7 Å². The summed E-state index contributed by atoms with van der Waals surface area (Å²) in [6.07, 6.45) is 5.46. The lowest BCUT2D eigenvalue weighted by molar-refractivity contribution is 0.586. The number of aryl methyl sites for hydroxylation is 4. The molecular weight excluding hydrogens is 358 g/mol. The number of aromatic nitrogens is 2. The molecule has 0 fully saturated rings. The van der Waals surface area contributed by atoms with Crippen LogP contribution in [0.3, 0.4) is 0 Å². The largest absolute Gasteiger partial charge is 0.275 e. The van der Waals surface area contributed by atoms with E-state index in [9.17, 15) is 8.42 Å². The molecule has 5 nitrogen and oxygen atoms in total. The van der Waals surface area contributed by atoms with Crippen LogP contribution in [0, 0.1) is 13.8 Å². The maximum Gasteiger partial charge on any atom is 0.264 e. The summed E-state index contributed by atoms with van der Waals surface area (Å²) >= 11 is 0. The molecule has 4 rings (SSSR count). The quantitative estimate of drug-likeness (QED) is 0.692. The molecule has 27 heavy (non-hydrogen) atoms. The topological polar surface area (TPSA) is 55.2 Å². The second kappa shape index (κ2) is 6.53. The average molecular weight is 382 g/mol. The molecule has 0 saturated heterocycles. The highest BCUT2D eigenvalue weighted by Gasteiger charge is 2.31. The van der Waals surface area contributed by atoms with E-state index in [1.54, 1.807) is 21.3 Å². The lowest BCUT2D eigenvalue weighted by Crippen LogP contribution is -2.36. The highest BCUT2D eigenvalue weighted by molar-refractivity contribution is 7.92. The number of rotatable bonds is 3. The SMILES string of the molecule is Cc1cc(-c2cnn(C)c2)ccc1S(=O)(=O)N1CCCc2cccc(C)c21. The molecule has 0 aliphatic carbocycles. The van der Waals surface area contributed by atoms with E-state index in [-0.39, 0.29) is 0 Å². The number of sulfonamides is 1. The van der Waals surface area contributed by atoms with Crippen molar-refractivity contribution in [3.05, 3.63) is 65.5 Å². The third-order valence-electron chi connectivity index (χ3n) is 5.16. The molecule has 0 amide bonds. The fourth-order valence-corrected chi connectivity index (χ4v) is 5.67. The van der Waals surface area contributed by atoms with Crippen LogP contribution < -0.4 is 4.31 Å². The van der Waals surface area contributed by atoms with Gasteiger partial charge in [-0.25, -0.2) is 8.42 Å². The zero-order valence-electron chi connectivity index (χ0n) is 15.8. The highest BCUT2D eigenvalue weighted by Crippen LogP contribution is 2.36. The van der Waals surface area contributed by atoms with Crippen LogP contribution >= 0.6 is 0 Å². The smallest absolute Gasteiger partial charge is 0.264 e. The van der Waals surface area contributed by atoms with Crippen molar-refractivity contribution in [2.45, 2.75) is 31.6 Å². The van der Waals surface area contributed by atoms with E-state index < -0.39 is 10.0 Å². The molecule has 0 atom stereocenters. The van der Waals surface area contributed by atoms with Gasteiger partial charge >= 0.3 is 0 Å².